The van der Waals surface area contributed by atoms with Gasteiger partial charge in [0.15, 0.2) is 0 Å². The predicted molar refractivity (Wildman–Crippen MR) is 81.0 cm³/mol. The zero-order valence-electron chi connectivity index (χ0n) is 12.1. The number of ether oxygens (including phenoxy) is 1. The van der Waals surface area contributed by atoms with E-state index in [1.54, 1.807) is 6.07 Å². The highest BCUT2D eigenvalue weighted by molar-refractivity contribution is 5.90. The fourth-order valence-corrected chi connectivity index (χ4v) is 2.13. The van der Waals surface area contributed by atoms with Crippen molar-refractivity contribution < 1.29 is 9.53 Å². The lowest BCUT2D eigenvalue weighted by atomic mass is 10.1. The van der Waals surface area contributed by atoms with Gasteiger partial charge in [-0.25, -0.2) is 4.79 Å². The topological polar surface area (TPSA) is 38.3 Å². The van der Waals surface area contributed by atoms with Crippen LogP contribution in [-0.4, -0.2) is 13.1 Å². The second-order valence-corrected chi connectivity index (χ2v) is 4.86. The molecule has 0 amide bonds. The molecule has 0 saturated carbocycles. The van der Waals surface area contributed by atoms with Gasteiger partial charge >= 0.3 is 5.97 Å². The number of methoxy groups -OCH3 is 1. The molecular weight excluding hydrogens is 250 g/mol. The Morgan fingerprint density at radius 1 is 1.15 bits per heavy atom. The van der Waals surface area contributed by atoms with E-state index in [9.17, 15) is 4.79 Å². The molecule has 3 heteroatoms. The summed E-state index contributed by atoms with van der Waals surface area (Å²) in [6.07, 6.45) is 0. The van der Waals surface area contributed by atoms with E-state index in [0.717, 1.165) is 17.8 Å². The SMILES string of the molecule is COC(=O)c1ccc(NCc2cccc(C)c2)c(C)c1. The number of benzene rings is 2. The molecule has 0 bridgehead atoms. The molecule has 0 radical (unpaired) electrons. The Labute approximate surface area is 119 Å². The van der Waals surface area contributed by atoms with Gasteiger partial charge in [-0.1, -0.05) is 29.8 Å². The predicted octanol–water partition coefficient (Wildman–Crippen LogP) is 3.70. The van der Waals surface area contributed by atoms with Crippen LogP contribution in [0.1, 0.15) is 27.0 Å². The zero-order valence-corrected chi connectivity index (χ0v) is 12.1. The molecule has 0 aliphatic heterocycles. The number of nitrogens with one attached hydrogen (secondary N) is 1. The Balaban J connectivity index is 2.08. The molecule has 2 aromatic carbocycles. The molecule has 104 valence electrons. The number of carbonyl (C=O) groups is 1. The van der Waals surface area contributed by atoms with Crippen LogP contribution in [0.15, 0.2) is 42.5 Å². The van der Waals surface area contributed by atoms with E-state index in [4.69, 9.17) is 4.74 Å². The molecule has 2 rings (SSSR count). The summed E-state index contributed by atoms with van der Waals surface area (Å²) in [5.41, 5.74) is 5.12. The second kappa shape index (κ2) is 6.24. The second-order valence-electron chi connectivity index (χ2n) is 4.86. The third-order valence-electron chi connectivity index (χ3n) is 3.21. The van der Waals surface area contributed by atoms with Crippen molar-refractivity contribution in [2.45, 2.75) is 20.4 Å². The molecule has 0 spiro atoms. The highest BCUT2D eigenvalue weighted by Crippen LogP contribution is 2.18. The largest absolute Gasteiger partial charge is 0.465 e. The molecule has 0 saturated heterocycles. The summed E-state index contributed by atoms with van der Waals surface area (Å²) in [6, 6.07) is 13.9. The van der Waals surface area contributed by atoms with Crippen molar-refractivity contribution in [2.24, 2.45) is 0 Å². The summed E-state index contributed by atoms with van der Waals surface area (Å²) >= 11 is 0. The third kappa shape index (κ3) is 3.38. The Kier molecular flexibility index (Phi) is 4.41. The van der Waals surface area contributed by atoms with Crippen molar-refractivity contribution >= 4 is 11.7 Å². The van der Waals surface area contributed by atoms with Crippen LogP contribution >= 0.6 is 0 Å². The van der Waals surface area contributed by atoms with Crippen LogP contribution in [0.3, 0.4) is 0 Å². The molecule has 0 aliphatic rings. The number of hydrogen-bond acceptors (Lipinski definition) is 3. The zero-order chi connectivity index (χ0) is 14.5. The lowest BCUT2D eigenvalue weighted by molar-refractivity contribution is 0.0600. The minimum atomic E-state index is -0.307. The summed E-state index contributed by atoms with van der Waals surface area (Å²) in [5, 5.41) is 3.39. The third-order valence-corrected chi connectivity index (χ3v) is 3.21. The van der Waals surface area contributed by atoms with E-state index in [1.165, 1.54) is 18.2 Å². The van der Waals surface area contributed by atoms with Crippen LogP contribution in [0.4, 0.5) is 5.69 Å². The van der Waals surface area contributed by atoms with E-state index in [-0.39, 0.29) is 5.97 Å². The van der Waals surface area contributed by atoms with E-state index in [2.05, 4.69) is 36.5 Å². The van der Waals surface area contributed by atoms with Gasteiger partial charge in [-0.2, -0.15) is 0 Å². The van der Waals surface area contributed by atoms with E-state index in [1.807, 2.05) is 19.1 Å². The van der Waals surface area contributed by atoms with Gasteiger partial charge in [-0.05, 0) is 43.2 Å². The molecule has 0 fully saturated rings. The number of esters is 1. The molecule has 0 unspecified atom stereocenters. The van der Waals surface area contributed by atoms with E-state index in [0.29, 0.717) is 5.56 Å². The number of anilines is 1. The standard InChI is InChI=1S/C17H19NO2/c1-12-5-4-6-14(9-12)11-18-16-8-7-15(10-13(16)2)17(19)20-3/h4-10,18H,11H2,1-3H3. The minimum absolute atomic E-state index is 0.307. The number of aryl methyl sites for hydroxylation is 2. The first-order valence-corrected chi connectivity index (χ1v) is 6.58. The van der Waals surface area contributed by atoms with Crippen molar-refractivity contribution in [1.29, 1.82) is 0 Å². The van der Waals surface area contributed by atoms with Gasteiger partial charge < -0.3 is 10.1 Å². The number of carbonyl (C=O) groups excluding carboxylic acids is 1. The van der Waals surface area contributed by atoms with Crippen LogP contribution in [0.5, 0.6) is 0 Å². The molecule has 1 N–H and O–H groups in total. The number of hydrogen-bond donors (Lipinski definition) is 1. The molecule has 20 heavy (non-hydrogen) atoms. The smallest absolute Gasteiger partial charge is 0.337 e. The summed E-state index contributed by atoms with van der Waals surface area (Å²) < 4.78 is 4.71. The first kappa shape index (κ1) is 14.1. The Bertz CT molecular complexity index is 620. The van der Waals surface area contributed by atoms with Crippen LogP contribution in [0, 0.1) is 13.8 Å². The van der Waals surface area contributed by atoms with Gasteiger partial charge in [0.1, 0.15) is 0 Å². The highest BCUT2D eigenvalue weighted by Gasteiger charge is 2.07. The lowest BCUT2D eigenvalue weighted by Crippen LogP contribution is -2.04. The van der Waals surface area contributed by atoms with E-state index >= 15 is 0 Å². The molecule has 0 atom stereocenters. The van der Waals surface area contributed by atoms with Crippen LogP contribution in [-0.2, 0) is 11.3 Å². The first-order valence-electron chi connectivity index (χ1n) is 6.58. The average Bonchev–Trinajstić information content (AvgIpc) is 2.45. The minimum Gasteiger partial charge on any atom is -0.465 e. The summed E-state index contributed by atoms with van der Waals surface area (Å²) in [4.78, 5) is 11.5. The van der Waals surface area contributed by atoms with Crippen molar-refractivity contribution in [3.05, 3.63) is 64.7 Å². The Morgan fingerprint density at radius 3 is 2.60 bits per heavy atom. The van der Waals surface area contributed by atoms with Gasteiger partial charge in [0.05, 0.1) is 12.7 Å². The fraction of sp³-hybridized carbons (Fsp3) is 0.235. The first-order chi connectivity index (χ1) is 9.60. The van der Waals surface area contributed by atoms with Gasteiger partial charge in [0, 0.05) is 12.2 Å². The normalized spacial score (nSPS) is 10.2. The lowest BCUT2D eigenvalue weighted by Gasteiger charge is -2.11. The molecule has 3 nitrogen and oxygen atoms in total. The van der Waals surface area contributed by atoms with Crippen molar-refractivity contribution in [2.75, 3.05) is 12.4 Å². The van der Waals surface area contributed by atoms with Crippen LogP contribution < -0.4 is 5.32 Å². The molecular formula is C17H19NO2. The summed E-state index contributed by atoms with van der Waals surface area (Å²) in [5.74, 6) is -0.307. The van der Waals surface area contributed by atoms with Crippen molar-refractivity contribution in [1.82, 2.24) is 0 Å². The maximum absolute atomic E-state index is 11.5. The molecule has 2 aromatic rings. The molecule has 0 heterocycles. The van der Waals surface area contributed by atoms with Gasteiger partial charge in [-0.15, -0.1) is 0 Å². The Morgan fingerprint density at radius 2 is 1.95 bits per heavy atom. The van der Waals surface area contributed by atoms with E-state index < -0.39 is 0 Å². The van der Waals surface area contributed by atoms with Crippen LogP contribution in [0.25, 0.3) is 0 Å². The fourth-order valence-electron chi connectivity index (χ4n) is 2.13. The van der Waals surface area contributed by atoms with Gasteiger partial charge in [0.2, 0.25) is 0 Å². The van der Waals surface area contributed by atoms with Crippen molar-refractivity contribution in [3.63, 3.8) is 0 Å². The highest BCUT2D eigenvalue weighted by atomic mass is 16.5. The maximum atomic E-state index is 11.5. The quantitative estimate of drug-likeness (QED) is 0.860. The molecule has 0 aliphatic carbocycles. The summed E-state index contributed by atoms with van der Waals surface area (Å²) in [7, 11) is 1.39. The molecule has 0 aromatic heterocycles. The monoisotopic (exact) mass is 269 g/mol. The van der Waals surface area contributed by atoms with Crippen molar-refractivity contribution in [3.8, 4) is 0 Å². The maximum Gasteiger partial charge on any atom is 0.337 e. The number of rotatable bonds is 4. The van der Waals surface area contributed by atoms with Gasteiger partial charge in [0.25, 0.3) is 0 Å². The van der Waals surface area contributed by atoms with Gasteiger partial charge in [-0.3, -0.25) is 0 Å². The summed E-state index contributed by atoms with van der Waals surface area (Å²) in [6.45, 7) is 4.82. The van der Waals surface area contributed by atoms with Crippen LogP contribution in [0.2, 0.25) is 0 Å². The Hall–Kier alpha value is -2.29. The average molecular weight is 269 g/mol.